The monoisotopic (exact) mass is 239 g/mol. The molecular formula is C13H21NOS. The number of nitrogens with one attached hydrogen (secondary N) is 1. The fourth-order valence-corrected chi connectivity index (χ4v) is 3.69. The maximum atomic E-state index is 5.25. The summed E-state index contributed by atoms with van der Waals surface area (Å²) in [6.07, 6.45) is 6.67. The minimum absolute atomic E-state index is 0.363. The summed E-state index contributed by atoms with van der Waals surface area (Å²) >= 11 is 1.98. The fraction of sp³-hybridized carbons (Fsp3) is 0.692. The molecule has 0 radical (unpaired) electrons. The van der Waals surface area contributed by atoms with Crippen molar-refractivity contribution in [3.05, 3.63) is 21.4 Å². The van der Waals surface area contributed by atoms with Gasteiger partial charge in [-0.2, -0.15) is 0 Å². The van der Waals surface area contributed by atoms with Crippen LogP contribution in [0.25, 0.3) is 0 Å². The molecule has 0 aromatic carbocycles. The highest BCUT2D eigenvalue weighted by Crippen LogP contribution is 2.32. The Morgan fingerprint density at radius 1 is 1.38 bits per heavy atom. The van der Waals surface area contributed by atoms with E-state index < -0.39 is 0 Å². The molecule has 1 aromatic rings. The summed E-state index contributed by atoms with van der Waals surface area (Å²) in [6, 6.07) is 2.76. The van der Waals surface area contributed by atoms with Crippen LogP contribution in [0.1, 0.15) is 40.6 Å². The van der Waals surface area contributed by atoms with Crippen LogP contribution in [0.15, 0.2) is 6.07 Å². The van der Waals surface area contributed by atoms with Gasteiger partial charge in [0.05, 0.1) is 12.6 Å². The number of rotatable bonds is 4. The predicted molar refractivity (Wildman–Crippen MR) is 69.3 cm³/mol. The first-order valence-electron chi connectivity index (χ1n) is 6.13. The molecule has 0 bridgehead atoms. The molecular weight excluding hydrogens is 218 g/mol. The van der Waals surface area contributed by atoms with Crippen LogP contribution >= 0.6 is 11.3 Å². The van der Waals surface area contributed by atoms with Gasteiger partial charge in [-0.1, -0.05) is 6.42 Å². The van der Waals surface area contributed by atoms with Crippen LogP contribution in [0.4, 0.5) is 0 Å². The van der Waals surface area contributed by atoms with E-state index in [1.54, 1.807) is 17.6 Å². The molecule has 1 N–H and O–H groups in total. The van der Waals surface area contributed by atoms with Crippen molar-refractivity contribution in [3.63, 3.8) is 0 Å². The molecule has 2 nitrogen and oxygen atoms in total. The smallest absolute Gasteiger partial charge is 0.0665 e. The van der Waals surface area contributed by atoms with E-state index in [-0.39, 0.29) is 0 Å². The normalized spacial score (nSPS) is 17.9. The van der Waals surface area contributed by atoms with E-state index in [2.05, 4.69) is 11.4 Å². The third-order valence-corrected chi connectivity index (χ3v) is 4.64. The van der Waals surface area contributed by atoms with Crippen molar-refractivity contribution in [2.45, 2.75) is 38.1 Å². The van der Waals surface area contributed by atoms with Crippen LogP contribution in [0.3, 0.4) is 0 Å². The molecule has 16 heavy (non-hydrogen) atoms. The Labute approximate surface area is 102 Å². The Bertz CT molecular complexity index is 311. The maximum Gasteiger partial charge on any atom is 0.0665 e. The summed E-state index contributed by atoms with van der Waals surface area (Å²) in [4.78, 5) is 3.06. The van der Waals surface area contributed by atoms with E-state index in [1.165, 1.54) is 37.0 Å². The van der Waals surface area contributed by atoms with E-state index in [0.717, 1.165) is 6.61 Å². The Morgan fingerprint density at radius 2 is 2.19 bits per heavy atom. The first kappa shape index (κ1) is 12.1. The maximum absolute atomic E-state index is 5.25. The summed E-state index contributed by atoms with van der Waals surface area (Å²) in [5.41, 5.74) is 1.59. The van der Waals surface area contributed by atoms with Gasteiger partial charge in [-0.15, -0.1) is 11.3 Å². The Hall–Kier alpha value is -0.380. The molecule has 1 aromatic heterocycles. The van der Waals surface area contributed by atoms with Gasteiger partial charge in [0, 0.05) is 16.9 Å². The van der Waals surface area contributed by atoms with Crippen molar-refractivity contribution in [1.29, 1.82) is 0 Å². The molecule has 2 rings (SSSR count). The van der Waals surface area contributed by atoms with Crippen molar-refractivity contribution in [2.75, 3.05) is 20.8 Å². The highest BCUT2D eigenvalue weighted by molar-refractivity contribution is 7.12. The molecule has 0 amide bonds. The van der Waals surface area contributed by atoms with Crippen molar-refractivity contribution < 1.29 is 4.74 Å². The zero-order chi connectivity index (χ0) is 11.4. The molecule has 0 fully saturated rings. The molecule has 0 aliphatic heterocycles. The Balaban J connectivity index is 2.16. The summed E-state index contributed by atoms with van der Waals surface area (Å²) in [5, 5.41) is 3.33. The number of likely N-dealkylation sites (N-methyl/N-ethyl adjacent to an activating group) is 1. The van der Waals surface area contributed by atoms with E-state index in [0.29, 0.717) is 6.04 Å². The number of thiophene rings is 1. The van der Waals surface area contributed by atoms with Gasteiger partial charge in [0.25, 0.3) is 0 Å². The zero-order valence-electron chi connectivity index (χ0n) is 10.2. The van der Waals surface area contributed by atoms with Crippen molar-refractivity contribution in [2.24, 2.45) is 0 Å². The van der Waals surface area contributed by atoms with Crippen molar-refractivity contribution in [3.8, 4) is 0 Å². The number of fused-ring (bicyclic) bond motifs is 1. The molecule has 1 aliphatic carbocycles. The van der Waals surface area contributed by atoms with Crippen LogP contribution in [-0.4, -0.2) is 20.8 Å². The Morgan fingerprint density at radius 3 is 2.94 bits per heavy atom. The highest BCUT2D eigenvalue weighted by Gasteiger charge is 2.17. The second kappa shape index (κ2) is 5.80. The Kier molecular flexibility index (Phi) is 4.38. The van der Waals surface area contributed by atoms with Gasteiger partial charge in [0.2, 0.25) is 0 Å². The first-order chi connectivity index (χ1) is 7.85. The minimum atomic E-state index is 0.363. The average molecular weight is 239 g/mol. The summed E-state index contributed by atoms with van der Waals surface area (Å²) in [7, 11) is 3.78. The van der Waals surface area contributed by atoms with Crippen LogP contribution in [0.2, 0.25) is 0 Å². The van der Waals surface area contributed by atoms with Gasteiger partial charge in [-0.25, -0.2) is 0 Å². The molecule has 1 heterocycles. The second-order valence-corrected chi connectivity index (χ2v) is 5.62. The predicted octanol–water partition coefficient (Wildman–Crippen LogP) is 2.92. The van der Waals surface area contributed by atoms with Gasteiger partial charge < -0.3 is 10.1 Å². The minimum Gasteiger partial charge on any atom is -0.383 e. The van der Waals surface area contributed by atoms with E-state index >= 15 is 0 Å². The molecule has 0 saturated heterocycles. The van der Waals surface area contributed by atoms with E-state index in [9.17, 15) is 0 Å². The third kappa shape index (κ3) is 2.65. The molecule has 0 spiro atoms. The molecule has 3 heteroatoms. The summed E-state index contributed by atoms with van der Waals surface area (Å²) in [5.74, 6) is 0. The largest absolute Gasteiger partial charge is 0.383 e. The summed E-state index contributed by atoms with van der Waals surface area (Å²) < 4.78 is 5.25. The lowest BCUT2D eigenvalue weighted by Crippen LogP contribution is -2.19. The third-order valence-electron chi connectivity index (χ3n) is 3.29. The SMILES string of the molecule is CNC(COC)c1cc2c(s1)CCCCC2. The van der Waals surface area contributed by atoms with Gasteiger partial charge in [0.1, 0.15) is 0 Å². The lowest BCUT2D eigenvalue weighted by Gasteiger charge is -2.12. The standard InChI is InChI=1S/C13H21NOS/c1-14-11(9-15-2)13-8-10-6-4-3-5-7-12(10)16-13/h8,11,14H,3-7,9H2,1-2H3. The van der Waals surface area contributed by atoms with Crippen LogP contribution in [-0.2, 0) is 17.6 Å². The highest BCUT2D eigenvalue weighted by atomic mass is 32.1. The number of methoxy groups -OCH3 is 1. The zero-order valence-corrected chi connectivity index (χ0v) is 11.0. The molecule has 1 atom stereocenters. The van der Waals surface area contributed by atoms with Crippen molar-refractivity contribution in [1.82, 2.24) is 5.32 Å². The lowest BCUT2D eigenvalue weighted by molar-refractivity contribution is 0.171. The second-order valence-electron chi connectivity index (χ2n) is 4.45. The number of hydrogen-bond acceptors (Lipinski definition) is 3. The van der Waals surface area contributed by atoms with Crippen LogP contribution in [0, 0.1) is 0 Å². The number of hydrogen-bond donors (Lipinski definition) is 1. The quantitative estimate of drug-likeness (QED) is 0.816. The van der Waals surface area contributed by atoms with Gasteiger partial charge in [-0.3, -0.25) is 0 Å². The molecule has 90 valence electrons. The topological polar surface area (TPSA) is 21.3 Å². The van der Waals surface area contributed by atoms with Gasteiger partial charge >= 0.3 is 0 Å². The lowest BCUT2D eigenvalue weighted by atomic mass is 10.1. The van der Waals surface area contributed by atoms with Crippen LogP contribution in [0.5, 0.6) is 0 Å². The van der Waals surface area contributed by atoms with Crippen LogP contribution < -0.4 is 5.32 Å². The first-order valence-corrected chi connectivity index (χ1v) is 6.94. The van der Waals surface area contributed by atoms with Gasteiger partial charge in [-0.05, 0) is 44.4 Å². The number of ether oxygens (including phenoxy) is 1. The van der Waals surface area contributed by atoms with Crippen molar-refractivity contribution >= 4 is 11.3 Å². The summed E-state index contributed by atoms with van der Waals surface area (Å²) in [6.45, 7) is 0.760. The average Bonchev–Trinajstić information content (AvgIpc) is 2.57. The molecule has 1 aliphatic rings. The number of aryl methyl sites for hydroxylation is 2. The molecule has 0 saturated carbocycles. The van der Waals surface area contributed by atoms with Gasteiger partial charge in [0.15, 0.2) is 0 Å². The fourth-order valence-electron chi connectivity index (χ4n) is 2.34. The molecule has 1 unspecified atom stereocenters. The van der Waals surface area contributed by atoms with E-state index in [4.69, 9.17) is 4.74 Å². The van der Waals surface area contributed by atoms with E-state index in [1.807, 2.05) is 18.4 Å².